The molecule has 0 radical (unpaired) electrons. The number of methoxy groups -OCH3 is 1. The molecular formula is C14H21NO3. The number of hydrogen-bond acceptors (Lipinski definition) is 4. The lowest BCUT2D eigenvalue weighted by molar-refractivity contribution is -0.215. The van der Waals surface area contributed by atoms with Crippen molar-refractivity contribution in [2.24, 2.45) is 5.73 Å². The first-order valence-electron chi connectivity index (χ1n) is 6.30. The molecule has 4 atom stereocenters. The second-order valence-electron chi connectivity index (χ2n) is 4.65. The monoisotopic (exact) mass is 251 g/mol. The van der Waals surface area contributed by atoms with Crippen LogP contribution in [0.3, 0.4) is 0 Å². The first-order valence-corrected chi connectivity index (χ1v) is 6.30. The molecule has 2 rings (SSSR count). The number of hydrogen-bond donors (Lipinski definition) is 1. The lowest BCUT2D eigenvalue weighted by Crippen LogP contribution is -2.53. The average Bonchev–Trinajstić information content (AvgIpc) is 2.41. The highest BCUT2D eigenvalue weighted by Gasteiger charge is 2.34. The Morgan fingerprint density at radius 3 is 2.72 bits per heavy atom. The SMILES string of the molecule is CO[C@@H]1C[C@H](OCc2ccccc2)[C@@H](N)[C@H](C)O1. The van der Waals surface area contributed by atoms with Crippen molar-refractivity contribution in [2.45, 2.75) is 44.5 Å². The van der Waals surface area contributed by atoms with E-state index in [2.05, 4.69) is 0 Å². The molecule has 0 saturated carbocycles. The average molecular weight is 251 g/mol. The van der Waals surface area contributed by atoms with Crippen molar-refractivity contribution >= 4 is 0 Å². The van der Waals surface area contributed by atoms with Crippen LogP contribution in [0.25, 0.3) is 0 Å². The van der Waals surface area contributed by atoms with Crippen LogP contribution in [0.2, 0.25) is 0 Å². The Kier molecular flexibility index (Phi) is 4.72. The van der Waals surface area contributed by atoms with E-state index in [1.165, 1.54) is 0 Å². The predicted octanol–water partition coefficient (Wildman–Crippen LogP) is 1.68. The summed E-state index contributed by atoms with van der Waals surface area (Å²) in [5, 5.41) is 0. The van der Waals surface area contributed by atoms with Gasteiger partial charge in [-0.2, -0.15) is 0 Å². The molecule has 2 N–H and O–H groups in total. The van der Waals surface area contributed by atoms with Gasteiger partial charge >= 0.3 is 0 Å². The van der Waals surface area contributed by atoms with Crippen molar-refractivity contribution in [1.29, 1.82) is 0 Å². The summed E-state index contributed by atoms with van der Waals surface area (Å²) in [6.45, 7) is 2.52. The topological polar surface area (TPSA) is 53.7 Å². The fraction of sp³-hybridized carbons (Fsp3) is 0.571. The van der Waals surface area contributed by atoms with Gasteiger partial charge in [-0.25, -0.2) is 0 Å². The maximum Gasteiger partial charge on any atom is 0.160 e. The summed E-state index contributed by atoms with van der Waals surface area (Å²) >= 11 is 0. The molecule has 1 fully saturated rings. The third kappa shape index (κ3) is 3.29. The molecule has 1 aliphatic rings. The summed E-state index contributed by atoms with van der Waals surface area (Å²) < 4.78 is 16.7. The van der Waals surface area contributed by atoms with E-state index in [0.717, 1.165) is 5.56 Å². The summed E-state index contributed by atoms with van der Waals surface area (Å²) in [7, 11) is 1.64. The minimum Gasteiger partial charge on any atom is -0.372 e. The van der Waals surface area contributed by atoms with Crippen molar-refractivity contribution in [2.75, 3.05) is 7.11 Å². The second-order valence-corrected chi connectivity index (χ2v) is 4.65. The highest BCUT2D eigenvalue weighted by atomic mass is 16.7. The quantitative estimate of drug-likeness (QED) is 0.884. The van der Waals surface area contributed by atoms with Gasteiger partial charge in [0, 0.05) is 13.5 Å². The predicted molar refractivity (Wildman–Crippen MR) is 69.0 cm³/mol. The molecule has 0 amide bonds. The number of nitrogens with two attached hydrogens (primary N) is 1. The molecule has 0 spiro atoms. The molecule has 4 heteroatoms. The van der Waals surface area contributed by atoms with Gasteiger partial charge in [-0.15, -0.1) is 0 Å². The summed E-state index contributed by atoms with van der Waals surface area (Å²) in [6.07, 6.45) is 0.374. The van der Waals surface area contributed by atoms with E-state index in [1.54, 1.807) is 7.11 Å². The zero-order valence-electron chi connectivity index (χ0n) is 10.9. The minimum atomic E-state index is -0.222. The Morgan fingerprint density at radius 1 is 1.33 bits per heavy atom. The zero-order valence-corrected chi connectivity index (χ0v) is 10.9. The minimum absolute atomic E-state index is 0.0288. The van der Waals surface area contributed by atoms with E-state index in [-0.39, 0.29) is 24.5 Å². The zero-order chi connectivity index (χ0) is 13.0. The molecular weight excluding hydrogens is 230 g/mol. The van der Waals surface area contributed by atoms with Crippen molar-refractivity contribution in [3.05, 3.63) is 35.9 Å². The molecule has 0 aromatic heterocycles. The van der Waals surface area contributed by atoms with Crippen molar-refractivity contribution in [1.82, 2.24) is 0 Å². The van der Waals surface area contributed by atoms with Crippen LogP contribution in [-0.2, 0) is 20.8 Å². The van der Waals surface area contributed by atoms with Crippen LogP contribution < -0.4 is 5.73 Å². The normalized spacial score (nSPS) is 32.4. The molecule has 1 heterocycles. The van der Waals surface area contributed by atoms with Gasteiger partial charge in [0.25, 0.3) is 0 Å². The van der Waals surface area contributed by atoms with Crippen LogP contribution >= 0.6 is 0 Å². The molecule has 100 valence electrons. The Hall–Kier alpha value is -0.940. The molecule has 0 bridgehead atoms. The molecule has 1 saturated heterocycles. The van der Waals surface area contributed by atoms with Crippen LogP contribution in [0.1, 0.15) is 18.9 Å². The van der Waals surface area contributed by atoms with E-state index < -0.39 is 0 Å². The molecule has 1 aliphatic heterocycles. The molecule has 18 heavy (non-hydrogen) atoms. The van der Waals surface area contributed by atoms with Gasteiger partial charge in [0.05, 0.1) is 24.9 Å². The smallest absolute Gasteiger partial charge is 0.160 e. The first-order chi connectivity index (χ1) is 8.70. The van der Waals surface area contributed by atoms with Gasteiger partial charge in [-0.3, -0.25) is 0 Å². The third-order valence-electron chi connectivity index (χ3n) is 3.33. The summed E-state index contributed by atoms with van der Waals surface area (Å²) in [5.74, 6) is 0. The van der Waals surface area contributed by atoms with Crippen LogP contribution in [-0.4, -0.2) is 31.6 Å². The van der Waals surface area contributed by atoms with E-state index >= 15 is 0 Å². The molecule has 4 nitrogen and oxygen atoms in total. The summed E-state index contributed by atoms with van der Waals surface area (Å²) in [4.78, 5) is 0. The Morgan fingerprint density at radius 2 is 2.06 bits per heavy atom. The maximum atomic E-state index is 6.10. The Balaban J connectivity index is 1.91. The maximum absolute atomic E-state index is 6.10. The van der Waals surface area contributed by atoms with E-state index in [9.17, 15) is 0 Å². The van der Waals surface area contributed by atoms with Gasteiger partial charge in [0.15, 0.2) is 6.29 Å². The molecule has 0 aliphatic carbocycles. The lowest BCUT2D eigenvalue weighted by atomic mass is 10.0. The van der Waals surface area contributed by atoms with Gasteiger partial charge in [-0.1, -0.05) is 30.3 Å². The lowest BCUT2D eigenvalue weighted by Gasteiger charge is -2.37. The highest BCUT2D eigenvalue weighted by molar-refractivity contribution is 5.13. The van der Waals surface area contributed by atoms with Crippen LogP contribution in [0, 0.1) is 0 Å². The summed E-state index contributed by atoms with van der Waals surface area (Å²) in [5.41, 5.74) is 7.25. The largest absolute Gasteiger partial charge is 0.372 e. The highest BCUT2D eigenvalue weighted by Crippen LogP contribution is 2.22. The van der Waals surface area contributed by atoms with Gasteiger partial charge in [0.1, 0.15) is 0 Å². The number of rotatable bonds is 4. The molecule has 1 aromatic rings. The van der Waals surface area contributed by atoms with E-state index in [0.29, 0.717) is 13.0 Å². The van der Waals surface area contributed by atoms with E-state index in [4.69, 9.17) is 19.9 Å². The van der Waals surface area contributed by atoms with Crippen LogP contribution in [0.4, 0.5) is 0 Å². The third-order valence-corrected chi connectivity index (χ3v) is 3.33. The van der Waals surface area contributed by atoms with Gasteiger partial charge < -0.3 is 19.9 Å². The molecule has 1 aromatic carbocycles. The standard InChI is InChI=1S/C14H21NO3/c1-10-14(15)12(8-13(16-2)18-10)17-9-11-6-4-3-5-7-11/h3-7,10,12-14H,8-9,15H2,1-2H3/t10-,12-,13-,14-/m0/s1. The van der Waals surface area contributed by atoms with Crippen LogP contribution in [0.15, 0.2) is 30.3 Å². The van der Waals surface area contributed by atoms with Gasteiger partial charge in [-0.05, 0) is 12.5 Å². The van der Waals surface area contributed by atoms with Gasteiger partial charge in [0.2, 0.25) is 0 Å². The van der Waals surface area contributed by atoms with Crippen LogP contribution in [0.5, 0.6) is 0 Å². The Labute approximate surface area is 108 Å². The fourth-order valence-corrected chi connectivity index (χ4v) is 2.14. The number of benzene rings is 1. The first kappa shape index (κ1) is 13.5. The summed E-state index contributed by atoms with van der Waals surface area (Å²) in [6, 6.07) is 9.98. The van der Waals surface area contributed by atoms with Crippen molar-refractivity contribution < 1.29 is 14.2 Å². The van der Waals surface area contributed by atoms with E-state index in [1.807, 2.05) is 37.3 Å². The molecule has 0 unspecified atom stereocenters. The second kappa shape index (κ2) is 6.29. The Bertz CT molecular complexity index is 357. The fourth-order valence-electron chi connectivity index (χ4n) is 2.14. The number of ether oxygens (including phenoxy) is 3. The van der Waals surface area contributed by atoms with Crippen molar-refractivity contribution in [3.8, 4) is 0 Å². The van der Waals surface area contributed by atoms with Crippen molar-refractivity contribution in [3.63, 3.8) is 0 Å².